The molecule has 0 radical (unpaired) electrons. The Hall–Kier alpha value is -2.67. The Bertz CT molecular complexity index is 887. The maximum absolute atomic E-state index is 12.5. The summed E-state index contributed by atoms with van der Waals surface area (Å²) in [6.45, 7) is 2.88. The van der Waals surface area contributed by atoms with E-state index >= 15 is 0 Å². The third kappa shape index (κ3) is 4.19. The van der Waals surface area contributed by atoms with Gasteiger partial charge in [-0.2, -0.15) is 0 Å². The van der Waals surface area contributed by atoms with E-state index in [1.54, 1.807) is 6.26 Å². The number of amides is 1. The number of carbonyl (C=O) groups is 1. The van der Waals surface area contributed by atoms with Crippen molar-refractivity contribution in [1.82, 2.24) is 15.1 Å². The summed E-state index contributed by atoms with van der Waals surface area (Å²) < 4.78 is 6.36. The van der Waals surface area contributed by atoms with E-state index < -0.39 is 0 Å². The number of piperazine rings is 1. The van der Waals surface area contributed by atoms with E-state index in [9.17, 15) is 4.79 Å². The molecular formula is C20H19BrN4O2. The van der Waals surface area contributed by atoms with Crippen LogP contribution in [0.2, 0.25) is 0 Å². The number of benzene rings is 1. The fourth-order valence-electron chi connectivity index (χ4n) is 3.12. The summed E-state index contributed by atoms with van der Waals surface area (Å²) in [4.78, 5) is 16.6. The van der Waals surface area contributed by atoms with Crippen molar-refractivity contribution in [3.63, 3.8) is 0 Å². The zero-order valence-electron chi connectivity index (χ0n) is 14.7. The molecule has 138 valence electrons. The molecule has 1 fully saturated rings. The number of furan rings is 1. The SMILES string of the molecule is O=C(Cc1ccc(Br)cc1)N1CCN(c2ccc(-c3ccco3)nn2)CC1. The molecule has 0 unspecified atom stereocenters. The van der Waals surface area contributed by atoms with E-state index in [-0.39, 0.29) is 5.91 Å². The molecule has 6 nitrogen and oxygen atoms in total. The number of aromatic nitrogens is 2. The number of nitrogens with zero attached hydrogens (tertiary/aromatic N) is 4. The number of rotatable bonds is 4. The second-order valence-electron chi connectivity index (χ2n) is 6.43. The molecule has 0 atom stereocenters. The summed E-state index contributed by atoms with van der Waals surface area (Å²) in [5, 5.41) is 8.56. The van der Waals surface area contributed by atoms with Gasteiger partial charge >= 0.3 is 0 Å². The normalized spacial score (nSPS) is 14.4. The highest BCUT2D eigenvalue weighted by Crippen LogP contribution is 2.20. The van der Waals surface area contributed by atoms with Gasteiger partial charge in [0.15, 0.2) is 11.6 Å². The third-order valence-corrected chi connectivity index (χ3v) is 5.18. The average molecular weight is 427 g/mol. The van der Waals surface area contributed by atoms with Gasteiger partial charge in [-0.15, -0.1) is 10.2 Å². The Balaban J connectivity index is 1.33. The van der Waals surface area contributed by atoms with Gasteiger partial charge in [-0.25, -0.2) is 0 Å². The van der Waals surface area contributed by atoms with Crippen LogP contribution in [0.5, 0.6) is 0 Å². The molecule has 1 aromatic carbocycles. The predicted octanol–water partition coefficient (Wildman–Crippen LogP) is 3.39. The Morgan fingerprint density at radius 3 is 2.41 bits per heavy atom. The molecule has 1 aliphatic heterocycles. The van der Waals surface area contributed by atoms with Crippen molar-refractivity contribution in [2.75, 3.05) is 31.1 Å². The van der Waals surface area contributed by atoms with Crippen LogP contribution < -0.4 is 4.90 Å². The molecule has 7 heteroatoms. The first kappa shape index (κ1) is 17.7. The first-order valence-electron chi connectivity index (χ1n) is 8.84. The Morgan fingerprint density at radius 2 is 1.78 bits per heavy atom. The minimum atomic E-state index is 0.163. The molecule has 1 saturated heterocycles. The summed E-state index contributed by atoms with van der Waals surface area (Å²) in [7, 11) is 0. The van der Waals surface area contributed by atoms with Crippen LogP contribution in [-0.4, -0.2) is 47.2 Å². The molecule has 2 aromatic heterocycles. The Kier molecular flexibility index (Phi) is 5.20. The lowest BCUT2D eigenvalue weighted by atomic mass is 10.1. The van der Waals surface area contributed by atoms with E-state index in [2.05, 4.69) is 31.0 Å². The summed E-state index contributed by atoms with van der Waals surface area (Å²) in [5.41, 5.74) is 1.75. The Morgan fingerprint density at radius 1 is 1.00 bits per heavy atom. The molecular weight excluding hydrogens is 408 g/mol. The number of hydrogen-bond donors (Lipinski definition) is 0. The molecule has 4 rings (SSSR count). The van der Waals surface area contributed by atoms with Gasteiger partial charge in [-0.05, 0) is 42.0 Å². The van der Waals surface area contributed by atoms with Crippen molar-refractivity contribution in [3.8, 4) is 11.5 Å². The molecule has 27 heavy (non-hydrogen) atoms. The van der Waals surface area contributed by atoms with Crippen LogP contribution in [-0.2, 0) is 11.2 Å². The first-order valence-corrected chi connectivity index (χ1v) is 9.63. The number of anilines is 1. The summed E-state index contributed by atoms with van der Waals surface area (Å²) in [5.74, 6) is 1.69. The summed E-state index contributed by atoms with van der Waals surface area (Å²) >= 11 is 3.42. The van der Waals surface area contributed by atoms with Crippen LogP contribution in [0.3, 0.4) is 0 Å². The quantitative estimate of drug-likeness (QED) is 0.639. The van der Waals surface area contributed by atoms with Crippen molar-refractivity contribution in [1.29, 1.82) is 0 Å². The van der Waals surface area contributed by atoms with Gasteiger partial charge in [-0.3, -0.25) is 4.79 Å². The van der Waals surface area contributed by atoms with Crippen LogP contribution in [0.1, 0.15) is 5.56 Å². The van der Waals surface area contributed by atoms with Gasteiger partial charge < -0.3 is 14.2 Å². The molecule has 1 aliphatic rings. The molecule has 3 heterocycles. The molecule has 0 saturated carbocycles. The van der Waals surface area contributed by atoms with Crippen molar-refractivity contribution < 1.29 is 9.21 Å². The summed E-state index contributed by atoms with van der Waals surface area (Å²) in [6, 6.07) is 15.4. The fourth-order valence-corrected chi connectivity index (χ4v) is 3.39. The van der Waals surface area contributed by atoms with E-state index in [1.165, 1.54) is 0 Å². The van der Waals surface area contributed by atoms with Gasteiger partial charge in [-0.1, -0.05) is 28.1 Å². The average Bonchev–Trinajstić information content (AvgIpc) is 3.25. The van der Waals surface area contributed by atoms with Gasteiger partial charge in [0.1, 0.15) is 5.69 Å². The fraction of sp³-hybridized carbons (Fsp3) is 0.250. The topological polar surface area (TPSA) is 62.5 Å². The smallest absolute Gasteiger partial charge is 0.227 e. The van der Waals surface area contributed by atoms with Crippen LogP contribution in [0.25, 0.3) is 11.5 Å². The standard InChI is InChI=1S/C20H19BrN4O2/c21-16-5-3-15(4-6-16)14-20(26)25-11-9-24(10-12-25)19-8-7-17(22-23-19)18-2-1-13-27-18/h1-8,13H,9-12,14H2. The van der Waals surface area contributed by atoms with Gasteiger partial charge in [0.2, 0.25) is 5.91 Å². The van der Waals surface area contributed by atoms with Crippen molar-refractivity contribution >= 4 is 27.7 Å². The molecule has 1 amide bonds. The highest BCUT2D eigenvalue weighted by atomic mass is 79.9. The maximum atomic E-state index is 12.5. The first-order chi connectivity index (χ1) is 13.2. The lowest BCUT2D eigenvalue weighted by Gasteiger charge is -2.35. The van der Waals surface area contributed by atoms with Crippen LogP contribution in [0.4, 0.5) is 5.82 Å². The minimum Gasteiger partial charge on any atom is -0.463 e. The highest BCUT2D eigenvalue weighted by Gasteiger charge is 2.22. The van der Waals surface area contributed by atoms with Crippen LogP contribution in [0.15, 0.2) is 63.7 Å². The van der Waals surface area contributed by atoms with Gasteiger partial charge in [0, 0.05) is 30.7 Å². The third-order valence-electron chi connectivity index (χ3n) is 4.65. The zero-order chi connectivity index (χ0) is 18.6. The molecule has 0 bridgehead atoms. The van der Waals surface area contributed by atoms with Crippen LogP contribution >= 0.6 is 15.9 Å². The van der Waals surface area contributed by atoms with Crippen LogP contribution in [0, 0.1) is 0 Å². The Labute approximate surface area is 165 Å². The van der Waals surface area contributed by atoms with E-state index in [1.807, 2.05) is 53.4 Å². The predicted molar refractivity (Wildman–Crippen MR) is 106 cm³/mol. The lowest BCUT2D eigenvalue weighted by Crippen LogP contribution is -2.49. The monoisotopic (exact) mass is 426 g/mol. The van der Waals surface area contributed by atoms with Gasteiger partial charge in [0.05, 0.1) is 12.7 Å². The molecule has 3 aromatic rings. The van der Waals surface area contributed by atoms with Crippen molar-refractivity contribution in [2.45, 2.75) is 6.42 Å². The molecule has 0 aliphatic carbocycles. The molecule has 0 spiro atoms. The second kappa shape index (κ2) is 7.92. The van der Waals surface area contributed by atoms with E-state index in [4.69, 9.17) is 4.42 Å². The number of halogens is 1. The maximum Gasteiger partial charge on any atom is 0.227 e. The highest BCUT2D eigenvalue weighted by molar-refractivity contribution is 9.10. The number of carbonyl (C=O) groups excluding carboxylic acids is 1. The summed E-state index contributed by atoms with van der Waals surface area (Å²) in [6.07, 6.45) is 2.06. The second-order valence-corrected chi connectivity index (χ2v) is 7.34. The largest absolute Gasteiger partial charge is 0.463 e. The number of hydrogen-bond acceptors (Lipinski definition) is 5. The minimum absolute atomic E-state index is 0.163. The zero-order valence-corrected chi connectivity index (χ0v) is 16.3. The van der Waals surface area contributed by atoms with E-state index in [0.29, 0.717) is 31.0 Å². The van der Waals surface area contributed by atoms with Crippen molar-refractivity contribution in [3.05, 3.63) is 64.8 Å². The lowest BCUT2D eigenvalue weighted by molar-refractivity contribution is -0.130. The molecule has 0 N–H and O–H groups in total. The van der Waals surface area contributed by atoms with E-state index in [0.717, 1.165) is 28.9 Å². The van der Waals surface area contributed by atoms with Crippen molar-refractivity contribution in [2.24, 2.45) is 0 Å². The van der Waals surface area contributed by atoms with Gasteiger partial charge in [0.25, 0.3) is 0 Å².